The van der Waals surface area contributed by atoms with Crippen LogP contribution in [0.3, 0.4) is 0 Å². The normalized spacial score (nSPS) is 19.6. The highest BCUT2D eigenvalue weighted by molar-refractivity contribution is 6.09. The van der Waals surface area contributed by atoms with E-state index >= 15 is 4.39 Å². The molecule has 2 aliphatic heterocycles. The number of hydrogen-bond acceptors (Lipinski definition) is 5. The van der Waals surface area contributed by atoms with Crippen LogP contribution in [0.5, 0.6) is 0 Å². The Balaban J connectivity index is 1.65. The molecule has 33 heavy (non-hydrogen) atoms. The molecular formula is C23H28FN5O4. The number of benzene rings is 1. The lowest BCUT2D eigenvalue weighted by Gasteiger charge is -2.34. The number of ether oxygens (including phenoxy) is 1. The molecular weight excluding hydrogens is 429 g/mol. The number of imide groups is 1. The second kappa shape index (κ2) is 8.17. The number of urea groups is 1. The molecule has 176 valence electrons. The summed E-state index contributed by atoms with van der Waals surface area (Å²) in [5.74, 6) is -0.469. The van der Waals surface area contributed by atoms with Gasteiger partial charge in [-0.1, -0.05) is 6.08 Å². The van der Waals surface area contributed by atoms with Gasteiger partial charge < -0.3 is 9.64 Å². The molecule has 3 heterocycles. The Bertz CT molecular complexity index is 1180. The van der Waals surface area contributed by atoms with Crippen molar-refractivity contribution >= 4 is 40.3 Å². The van der Waals surface area contributed by atoms with Gasteiger partial charge in [0.25, 0.3) is 0 Å². The molecule has 1 atom stereocenters. The summed E-state index contributed by atoms with van der Waals surface area (Å²) in [5.41, 5.74) is 1.30. The summed E-state index contributed by atoms with van der Waals surface area (Å²) in [7, 11) is 1.72. The highest BCUT2D eigenvalue weighted by Gasteiger charge is 2.31. The number of nitrogens with zero attached hydrogens (tertiary/aromatic N) is 4. The van der Waals surface area contributed by atoms with Crippen LogP contribution in [0.1, 0.15) is 46.1 Å². The number of fused-ring (bicyclic) bond motifs is 1. The predicted molar refractivity (Wildman–Crippen MR) is 121 cm³/mol. The third kappa shape index (κ3) is 4.42. The summed E-state index contributed by atoms with van der Waals surface area (Å²) in [6.07, 6.45) is 2.12. The minimum absolute atomic E-state index is 0.156. The molecule has 1 aromatic carbocycles. The quantitative estimate of drug-likeness (QED) is 0.744. The average Bonchev–Trinajstić information content (AvgIpc) is 3.01. The van der Waals surface area contributed by atoms with Gasteiger partial charge in [-0.05, 0) is 51.8 Å². The fourth-order valence-electron chi connectivity index (χ4n) is 4.18. The first-order valence-corrected chi connectivity index (χ1v) is 10.9. The molecule has 0 saturated carbocycles. The van der Waals surface area contributed by atoms with Crippen LogP contribution in [-0.2, 0) is 16.6 Å². The molecule has 0 bridgehead atoms. The first-order valence-electron chi connectivity index (χ1n) is 10.9. The molecule has 0 radical (unpaired) electrons. The number of hydrogen-bond donors (Lipinski definition) is 1. The standard InChI is InChI=1S/C23H28FN5O4/c1-13-10-14(6-8-28(13)22(32)33-23(2,3)4)15-12-18-16(11-17(15)24)20(26-27(18)5)29-9-7-19(30)25-21(29)31/h10-13H,6-9H2,1-5H3,(H,25,30,31)/t13-/m1/s1. The second-order valence-corrected chi connectivity index (χ2v) is 9.41. The van der Waals surface area contributed by atoms with Crippen molar-refractivity contribution in [2.24, 2.45) is 7.05 Å². The van der Waals surface area contributed by atoms with Crippen molar-refractivity contribution in [2.75, 3.05) is 18.0 Å². The van der Waals surface area contributed by atoms with E-state index in [1.54, 1.807) is 22.7 Å². The zero-order valence-corrected chi connectivity index (χ0v) is 19.4. The number of rotatable bonds is 2. The van der Waals surface area contributed by atoms with E-state index in [-0.39, 0.29) is 24.9 Å². The van der Waals surface area contributed by atoms with E-state index in [1.807, 2.05) is 33.8 Å². The molecule has 0 unspecified atom stereocenters. The summed E-state index contributed by atoms with van der Waals surface area (Å²) >= 11 is 0. The van der Waals surface area contributed by atoms with Gasteiger partial charge >= 0.3 is 12.1 Å². The van der Waals surface area contributed by atoms with Gasteiger partial charge in [-0.2, -0.15) is 5.10 Å². The summed E-state index contributed by atoms with van der Waals surface area (Å²) in [6.45, 7) is 7.93. The Morgan fingerprint density at radius 3 is 2.58 bits per heavy atom. The number of carbonyl (C=O) groups excluding carboxylic acids is 3. The van der Waals surface area contributed by atoms with E-state index in [0.29, 0.717) is 35.2 Å². The predicted octanol–water partition coefficient (Wildman–Crippen LogP) is 3.57. The van der Waals surface area contributed by atoms with Gasteiger partial charge in [0.1, 0.15) is 11.4 Å². The van der Waals surface area contributed by atoms with Crippen molar-refractivity contribution in [3.05, 3.63) is 29.6 Å². The SMILES string of the molecule is C[C@@H]1C=C(c2cc3c(cc2F)c(N2CCC(=O)NC2=O)nn3C)CCN1C(=O)OC(C)(C)C. The van der Waals surface area contributed by atoms with Gasteiger partial charge in [-0.25, -0.2) is 14.0 Å². The van der Waals surface area contributed by atoms with Crippen molar-refractivity contribution in [3.8, 4) is 0 Å². The fraction of sp³-hybridized carbons (Fsp3) is 0.478. The van der Waals surface area contributed by atoms with Crippen LogP contribution in [0.2, 0.25) is 0 Å². The van der Waals surface area contributed by atoms with Gasteiger partial charge in [-0.15, -0.1) is 0 Å². The molecule has 1 N–H and O–H groups in total. The van der Waals surface area contributed by atoms with Crippen molar-refractivity contribution in [3.63, 3.8) is 0 Å². The van der Waals surface area contributed by atoms with Gasteiger partial charge in [0.15, 0.2) is 5.82 Å². The molecule has 1 saturated heterocycles. The number of aromatic nitrogens is 2. The zero-order valence-electron chi connectivity index (χ0n) is 19.4. The Kier molecular flexibility index (Phi) is 5.63. The number of nitrogens with one attached hydrogen (secondary N) is 1. The minimum Gasteiger partial charge on any atom is -0.444 e. The molecule has 9 nitrogen and oxygen atoms in total. The van der Waals surface area contributed by atoms with E-state index in [0.717, 1.165) is 5.57 Å². The molecule has 4 amide bonds. The van der Waals surface area contributed by atoms with Crippen LogP contribution in [0.25, 0.3) is 16.5 Å². The van der Waals surface area contributed by atoms with E-state index in [4.69, 9.17) is 4.74 Å². The molecule has 1 aromatic heterocycles. The van der Waals surface area contributed by atoms with Crippen molar-refractivity contribution in [1.29, 1.82) is 0 Å². The zero-order chi connectivity index (χ0) is 24.1. The summed E-state index contributed by atoms with van der Waals surface area (Å²) in [6, 6.07) is 2.27. The van der Waals surface area contributed by atoms with Crippen LogP contribution in [0.4, 0.5) is 19.8 Å². The maximum atomic E-state index is 15.3. The lowest BCUT2D eigenvalue weighted by molar-refractivity contribution is -0.120. The molecule has 0 spiro atoms. The molecule has 1 fully saturated rings. The highest BCUT2D eigenvalue weighted by atomic mass is 19.1. The Morgan fingerprint density at radius 2 is 1.94 bits per heavy atom. The topological polar surface area (TPSA) is 96.8 Å². The average molecular weight is 458 g/mol. The Morgan fingerprint density at radius 1 is 1.21 bits per heavy atom. The maximum Gasteiger partial charge on any atom is 0.410 e. The van der Waals surface area contributed by atoms with Gasteiger partial charge in [0.05, 0.1) is 11.6 Å². The van der Waals surface area contributed by atoms with Gasteiger partial charge in [0, 0.05) is 37.5 Å². The number of anilines is 1. The highest BCUT2D eigenvalue weighted by Crippen LogP contribution is 2.34. The first-order chi connectivity index (χ1) is 15.4. The number of carbonyl (C=O) groups is 3. The van der Waals surface area contributed by atoms with E-state index in [2.05, 4.69) is 10.4 Å². The molecule has 4 rings (SSSR count). The Labute approximate surface area is 191 Å². The molecule has 2 aromatic rings. The van der Waals surface area contributed by atoms with Gasteiger partial charge in [0.2, 0.25) is 5.91 Å². The van der Waals surface area contributed by atoms with Crippen LogP contribution in [0, 0.1) is 5.82 Å². The smallest absolute Gasteiger partial charge is 0.410 e. The van der Waals surface area contributed by atoms with Crippen molar-refractivity contribution in [2.45, 2.75) is 52.2 Å². The third-order valence-corrected chi connectivity index (χ3v) is 5.76. The van der Waals surface area contributed by atoms with Crippen molar-refractivity contribution in [1.82, 2.24) is 20.0 Å². The largest absolute Gasteiger partial charge is 0.444 e. The van der Waals surface area contributed by atoms with Crippen molar-refractivity contribution < 1.29 is 23.5 Å². The lowest BCUT2D eigenvalue weighted by Crippen LogP contribution is -2.49. The van der Waals surface area contributed by atoms with Crippen LogP contribution >= 0.6 is 0 Å². The first kappa shape index (κ1) is 22.8. The Hall–Kier alpha value is -3.43. The molecule has 10 heteroatoms. The van der Waals surface area contributed by atoms with E-state index < -0.39 is 23.5 Å². The number of halogens is 1. The van der Waals surface area contributed by atoms with Crippen LogP contribution in [0.15, 0.2) is 18.2 Å². The van der Waals surface area contributed by atoms with Gasteiger partial charge in [-0.3, -0.25) is 19.7 Å². The van der Waals surface area contributed by atoms with Crippen LogP contribution in [-0.4, -0.2) is 57.4 Å². The minimum atomic E-state index is -0.590. The summed E-state index contributed by atoms with van der Waals surface area (Å²) in [5, 5.41) is 7.17. The van der Waals surface area contributed by atoms with E-state index in [1.165, 1.54) is 11.0 Å². The molecule has 2 aliphatic rings. The summed E-state index contributed by atoms with van der Waals surface area (Å²) < 4.78 is 22.3. The lowest BCUT2D eigenvalue weighted by atomic mass is 9.95. The monoisotopic (exact) mass is 457 g/mol. The third-order valence-electron chi connectivity index (χ3n) is 5.76. The summed E-state index contributed by atoms with van der Waals surface area (Å²) in [4.78, 5) is 39.2. The second-order valence-electron chi connectivity index (χ2n) is 9.41. The van der Waals surface area contributed by atoms with Crippen LogP contribution < -0.4 is 10.2 Å². The molecule has 0 aliphatic carbocycles. The fourth-order valence-corrected chi connectivity index (χ4v) is 4.18. The maximum absolute atomic E-state index is 15.3. The number of amides is 4. The van der Waals surface area contributed by atoms with E-state index in [9.17, 15) is 14.4 Å². The number of aryl methyl sites for hydroxylation is 1.